The van der Waals surface area contributed by atoms with Crippen LogP contribution in [0.1, 0.15) is 56.7 Å². The number of nitrogens with zero attached hydrogens (tertiary/aromatic N) is 1. The van der Waals surface area contributed by atoms with E-state index in [0.29, 0.717) is 12.0 Å². The smallest absolute Gasteiger partial charge is 0.160 e. The summed E-state index contributed by atoms with van der Waals surface area (Å²) in [6.45, 7) is 8.23. The fourth-order valence-electron chi connectivity index (χ4n) is 3.86. The zero-order valence-electron chi connectivity index (χ0n) is 16.8. The van der Waals surface area contributed by atoms with Gasteiger partial charge in [-0.05, 0) is 76.8 Å². The molecule has 1 aromatic rings. The second kappa shape index (κ2) is 9.07. The van der Waals surface area contributed by atoms with Crippen LogP contribution in [0.15, 0.2) is 12.1 Å². The highest BCUT2D eigenvalue weighted by atomic mass is 16.7. The lowest BCUT2D eigenvalue weighted by Crippen LogP contribution is -2.28. The number of hydroxylamine groups is 1. The number of hydrogen-bond acceptors (Lipinski definition) is 5. The molecule has 0 radical (unpaired) electrons. The zero-order chi connectivity index (χ0) is 18.5. The van der Waals surface area contributed by atoms with Crippen molar-refractivity contribution in [3.05, 3.63) is 23.3 Å². The maximum absolute atomic E-state index is 6.07. The molecule has 1 saturated heterocycles. The normalized spacial score (nSPS) is 20.5. The largest absolute Gasteiger partial charge is 0.493 e. The molecule has 0 spiro atoms. The molecule has 1 aromatic carbocycles. The van der Waals surface area contributed by atoms with E-state index in [1.807, 2.05) is 0 Å². The first-order valence-corrected chi connectivity index (χ1v) is 10.1. The van der Waals surface area contributed by atoms with Gasteiger partial charge in [0.25, 0.3) is 0 Å². The topological polar surface area (TPSA) is 45.8 Å². The molecule has 0 bridgehead atoms. The van der Waals surface area contributed by atoms with Gasteiger partial charge in [-0.3, -0.25) is 0 Å². The van der Waals surface area contributed by atoms with Crippen molar-refractivity contribution in [3.8, 4) is 11.5 Å². The highest BCUT2D eigenvalue weighted by molar-refractivity contribution is 5.52. The number of fused-ring (bicyclic) bond motifs is 1. The molecule has 26 heavy (non-hydrogen) atoms. The standard InChI is InChI=1S/C21H35N3O2/c1-15(2)14-25-20-8-6-17-19(7-5-16-9-11-22-12-10-16)23-26-21(17)18(20)13-24(3)4/h6,8,15-16,19,22-23H,5,7,9-14H2,1-4H3. The van der Waals surface area contributed by atoms with E-state index < -0.39 is 0 Å². The molecule has 1 fully saturated rings. The van der Waals surface area contributed by atoms with Gasteiger partial charge in [0.05, 0.1) is 18.2 Å². The van der Waals surface area contributed by atoms with Crippen molar-refractivity contribution in [1.29, 1.82) is 0 Å². The number of ether oxygens (including phenoxy) is 1. The first kappa shape index (κ1) is 19.5. The fraction of sp³-hybridized carbons (Fsp3) is 0.714. The third kappa shape index (κ3) is 4.90. The molecule has 146 valence electrons. The van der Waals surface area contributed by atoms with Crippen molar-refractivity contribution in [3.63, 3.8) is 0 Å². The summed E-state index contributed by atoms with van der Waals surface area (Å²) >= 11 is 0. The molecule has 3 rings (SSSR count). The van der Waals surface area contributed by atoms with Crippen molar-refractivity contribution in [1.82, 2.24) is 15.7 Å². The highest BCUT2D eigenvalue weighted by Crippen LogP contribution is 2.42. The van der Waals surface area contributed by atoms with Crippen LogP contribution < -0.4 is 20.4 Å². The van der Waals surface area contributed by atoms with E-state index in [9.17, 15) is 0 Å². The van der Waals surface area contributed by atoms with Crippen molar-refractivity contribution >= 4 is 0 Å². The Bertz CT molecular complexity index is 583. The van der Waals surface area contributed by atoms with E-state index in [2.05, 4.69) is 55.8 Å². The van der Waals surface area contributed by atoms with Crippen molar-refractivity contribution < 1.29 is 9.57 Å². The molecule has 1 unspecified atom stereocenters. The molecule has 0 saturated carbocycles. The van der Waals surface area contributed by atoms with Crippen LogP contribution in [0.4, 0.5) is 0 Å². The Hall–Kier alpha value is -1.30. The van der Waals surface area contributed by atoms with E-state index in [1.54, 1.807) is 0 Å². The summed E-state index contributed by atoms with van der Waals surface area (Å²) in [5, 5.41) is 3.45. The predicted octanol–water partition coefficient (Wildman–Crippen LogP) is 3.50. The summed E-state index contributed by atoms with van der Waals surface area (Å²) in [5.74, 6) is 3.28. The van der Waals surface area contributed by atoms with Gasteiger partial charge in [0.15, 0.2) is 5.75 Å². The number of rotatable bonds is 8. The summed E-state index contributed by atoms with van der Waals surface area (Å²) in [4.78, 5) is 8.13. The minimum absolute atomic E-state index is 0.292. The molecule has 0 amide bonds. The summed E-state index contributed by atoms with van der Waals surface area (Å²) in [5.41, 5.74) is 5.72. The molecule has 0 aliphatic carbocycles. The second-order valence-electron chi connectivity index (χ2n) is 8.45. The van der Waals surface area contributed by atoms with Crippen molar-refractivity contribution in [2.24, 2.45) is 11.8 Å². The SMILES string of the molecule is CC(C)COc1ccc2c(c1CN(C)C)ONC2CCC1CCNCC1. The molecule has 1 atom stereocenters. The maximum Gasteiger partial charge on any atom is 0.160 e. The van der Waals surface area contributed by atoms with E-state index in [-0.39, 0.29) is 0 Å². The second-order valence-corrected chi connectivity index (χ2v) is 8.45. The van der Waals surface area contributed by atoms with Gasteiger partial charge in [0, 0.05) is 12.1 Å². The third-order valence-electron chi connectivity index (χ3n) is 5.30. The number of piperidine rings is 1. The van der Waals surface area contributed by atoms with Crippen LogP contribution in [0.25, 0.3) is 0 Å². The van der Waals surface area contributed by atoms with Gasteiger partial charge in [0.1, 0.15) is 5.75 Å². The summed E-state index contributed by atoms with van der Waals surface area (Å²) in [7, 11) is 4.17. The molecule has 5 heteroatoms. The Morgan fingerprint density at radius 1 is 1.19 bits per heavy atom. The van der Waals surface area contributed by atoms with Gasteiger partial charge >= 0.3 is 0 Å². The van der Waals surface area contributed by atoms with E-state index >= 15 is 0 Å². The van der Waals surface area contributed by atoms with Crippen LogP contribution in [-0.2, 0) is 6.54 Å². The van der Waals surface area contributed by atoms with Gasteiger partial charge in [0.2, 0.25) is 0 Å². The number of benzene rings is 1. The van der Waals surface area contributed by atoms with Crippen LogP contribution in [0.2, 0.25) is 0 Å². The van der Waals surface area contributed by atoms with E-state index in [4.69, 9.17) is 9.57 Å². The van der Waals surface area contributed by atoms with Crippen molar-refractivity contribution in [2.45, 2.75) is 52.1 Å². The molecule has 0 aromatic heterocycles. The lowest BCUT2D eigenvalue weighted by molar-refractivity contribution is 0.177. The molecule has 2 aliphatic rings. The Morgan fingerprint density at radius 3 is 2.65 bits per heavy atom. The quantitative estimate of drug-likeness (QED) is 0.742. The number of hydrogen-bond donors (Lipinski definition) is 2. The van der Waals surface area contributed by atoms with Crippen LogP contribution in [-0.4, -0.2) is 38.7 Å². The summed E-state index contributed by atoms with van der Waals surface area (Å²) in [6.07, 6.45) is 4.99. The minimum Gasteiger partial charge on any atom is -0.493 e. The lowest BCUT2D eigenvalue weighted by Gasteiger charge is -2.23. The molecule has 2 N–H and O–H groups in total. The number of nitrogens with one attached hydrogen (secondary N) is 2. The maximum atomic E-state index is 6.07. The average Bonchev–Trinajstić information content (AvgIpc) is 3.03. The molecular formula is C21H35N3O2. The van der Waals surface area contributed by atoms with Gasteiger partial charge in [-0.15, -0.1) is 5.48 Å². The van der Waals surface area contributed by atoms with Crippen LogP contribution in [0.5, 0.6) is 11.5 Å². The van der Waals surface area contributed by atoms with Gasteiger partial charge in [-0.2, -0.15) is 0 Å². The van der Waals surface area contributed by atoms with E-state index in [1.165, 1.54) is 37.9 Å². The zero-order valence-corrected chi connectivity index (χ0v) is 16.8. The van der Waals surface area contributed by atoms with Gasteiger partial charge in [-0.25, -0.2) is 0 Å². The Balaban J connectivity index is 1.72. The van der Waals surface area contributed by atoms with Gasteiger partial charge < -0.3 is 19.8 Å². The van der Waals surface area contributed by atoms with Crippen LogP contribution >= 0.6 is 0 Å². The monoisotopic (exact) mass is 361 g/mol. The summed E-state index contributed by atoms with van der Waals surface area (Å²) in [6, 6.07) is 4.62. The molecule has 5 nitrogen and oxygen atoms in total. The minimum atomic E-state index is 0.292. The first-order valence-electron chi connectivity index (χ1n) is 10.1. The molecule has 2 aliphatic heterocycles. The highest BCUT2D eigenvalue weighted by Gasteiger charge is 2.29. The van der Waals surface area contributed by atoms with Crippen LogP contribution in [0, 0.1) is 11.8 Å². The lowest BCUT2D eigenvalue weighted by atomic mass is 9.89. The predicted molar refractivity (Wildman–Crippen MR) is 105 cm³/mol. The van der Waals surface area contributed by atoms with Crippen molar-refractivity contribution in [2.75, 3.05) is 33.8 Å². The van der Waals surface area contributed by atoms with Crippen LogP contribution in [0.3, 0.4) is 0 Å². The van der Waals surface area contributed by atoms with E-state index in [0.717, 1.165) is 42.6 Å². The average molecular weight is 362 g/mol. The Kier molecular flexibility index (Phi) is 6.79. The molecule has 2 heterocycles. The Labute approximate surface area is 158 Å². The molecular weight excluding hydrogens is 326 g/mol. The first-order chi connectivity index (χ1) is 12.5. The van der Waals surface area contributed by atoms with Gasteiger partial charge in [-0.1, -0.05) is 13.8 Å². The Morgan fingerprint density at radius 2 is 1.96 bits per heavy atom. The third-order valence-corrected chi connectivity index (χ3v) is 5.30. The fourth-order valence-corrected chi connectivity index (χ4v) is 3.86. The summed E-state index contributed by atoms with van der Waals surface area (Å²) < 4.78 is 6.07.